The Hall–Kier alpha value is -1.89. The first-order chi connectivity index (χ1) is 7.79. The van der Waals surface area contributed by atoms with E-state index in [1.54, 1.807) is 12.4 Å². The second-order valence-corrected chi connectivity index (χ2v) is 4.03. The van der Waals surface area contributed by atoms with Gasteiger partial charge in [-0.3, -0.25) is 9.78 Å². The van der Waals surface area contributed by atoms with Gasteiger partial charge in [0.05, 0.1) is 6.07 Å². The Morgan fingerprint density at radius 2 is 2.50 bits per heavy atom. The van der Waals surface area contributed by atoms with Crippen molar-refractivity contribution in [2.45, 2.75) is 25.3 Å². The van der Waals surface area contributed by atoms with E-state index in [0.29, 0.717) is 12.5 Å². The lowest BCUT2D eigenvalue weighted by atomic mass is 10.0. The van der Waals surface area contributed by atoms with E-state index in [0.717, 1.165) is 18.4 Å². The number of aromatic nitrogens is 1. The van der Waals surface area contributed by atoms with E-state index in [-0.39, 0.29) is 5.91 Å². The van der Waals surface area contributed by atoms with Crippen LogP contribution in [-0.4, -0.2) is 16.9 Å². The SMILES string of the molecule is N#CC(Cc1cccnc1)C(=O)NC1CC1. The van der Waals surface area contributed by atoms with Gasteiger partial charge in [-0.2, -0.15) is 5.26 Å². The number of hydrogen-bond acceptors (Lipinski definition) is 3. The molecular weight excluding hydrogens is 202 g/mol. The third-order valence-corrected chi connectivity index (χ3v) is 2.56. The van der Waals surface area contributed by atoms with Gasteiger partial charge in [0.15, 0.2) is 0 Å². The van der Waals surface area contributed by atoms with Crippen LogP contribution >= 0.6 is 0 Å². The summed E-state index contributed by atoms with van der Waals surface area (Å²) in [4.78, 5) is 15.6. The first-order valence-corrected chi connectivity index (χ1v) is 5.38. The molecule has 0 saturated heterocycles. The van der Waals surface area contributed by atoms with Crippen LogP contribution in [0.15, 0.2) is 24.5 Å². The van der Waals surface area contributed by atoms with Crippen LogP contribution in [0.25, 0.3) is 0 Å². The monoisotopic (exact) mass is 215 g/mol. The van der Waals surface area contributed by atoms with Gasteiger partial charge in [-0.1, -0.05) is 6.07 Å². The number of carbonyl (C=O) groups excluding carboxylic acids is 1. The van der Waals surface area contributed by atoms with Crippen molar-refractivity contribution in [3.8, 4) is 6.07 Å². The van der Waals surface area contributed by atoms with Crippen LogP contribution < -0.4 is 5.32 Å². The molecule has 1 amide bonds. The van der Waals surface area contributed by atoms with Gasteiger partial charge in [-0.15, -0.1) is 0 Å². The molecule has 1 atom stereocenters. The van der Waals surface area contributed by atoms with E-state index in [1.165, 1.54) is 0 Å². The first-order valence-electron chi connectivity index (χ1n) is 5.38. The summed E-state index contributed by atoms with van der Waals surface area (Å²) in [6.45, 7) is 0. The summed E-state index contributed by atoms with van der Waals surface area (Å²) in [6.07, 6.45) is 5.88. The second-order valence-electron chi connectivity index (χ2n) is 4.03. The van der Waals surface area contributed by atoms with Crippen LogP contribution in [0.5, 0.6) is 0 Å². The van der Waals surface area contributed by atoms with Crippen LogP contribution in [0, 0.1) is 17.2 Å². The predicted octanol–water partition coefficient (Wildman–Crippen LogP) is 1.04. The minimum atomic E-state index is -0.607. The van der Waals surface area contributed by atoms with Crippen molar-refractivity contribution in [1.82, 2.24) is 10.3 Å². The van der Waals surface area contributed by atoms with Gasteiger partial charge in [0.1, 0.15) is 5.92 Å². The molecule has 0 spiro atoms. The highest BCUT2D eigenvalue weighted by Gasteiger charge is 2.27. The third-order valence-electron chi connectivity index (χ3n) is 2.56. The molecule has 82 valence electrons. The number of nitrogens with one attached hydrogen (secondary N) is 1. The molecule has 1 aromatic heterocycles. The fourth-order valence-corrected chi connectivity index (χ4v) is 1.48. The van der Waals surface area contributed by atoms with Crippen LogP contribution in [0.1, 0.15) is 18.4 Å². The number of carbonyl (C=O) groups is 1. The number of nitriles is 1. The maximum atomic E-state index is 11.7. The highest BCUT2D eigenvalue weighted by atomic mass is 16.1. The minimum absolute atomic E-state index is 0.158. The quantitative estimate of drug-likeness (QED) is 0.816. The van der Waals surface area contributed by atoms with Gasteiger partial charge in [-0.05, 0) is 30.9 Å². The molecule has 4 nitrogen and oxygen atoms in total. The molecule has 0 bridgehead atoms. The zero-order valence-corrected chi connectivity index (χ0v) is 8.89. The molecule has 1 unspecified atom stereocenters. The van der Waals surface area contributed by atoms with E-state index >= 15 is 0 Å². The highest BCUT2D eigenvalue weighted by Crippen LogP contribution is 2.19. The molecular formula is C12H13N3O. The maximum Gasteiger partial charge on any atom is 0.237 e. The molecule has 1 aliphatic rings. The summed E-state index contributed by atoms with van der Waals surface area (Å²) < 4.78 is 0. The van der Waals surface area contributed by atoms with Gasteiger partial charge in [0.25, 0.3) is 0 Å². The van der Waals surface area contributed by atoms with Crippen LogP contribution in [0.4, 0.5) is 0 Å². The van der Waals surface area contributed by atoms with Crippen LogP contribution in [0.3, 0.4) is 0 Å². The molecule has 0 aromatic carbocycles. The molecule has 1 heterocycles. The minimum Gasteiger partial charge on any atom is -0.352 e. The van der Waals surface area contributed by atoms with E-state index in [1.807, 2.05) is 18.2 Å². The van der Waals surface area contributed by atoms with Crippen LogP contribution in [-0.2, 0) is 11.2 Å². The molecule has 16 heavy (non-hydrogen) atoms. The molecule has 0 radical (unpaired) electrons. The number of pyridine rings is 1. The van der Waals surface area contributed by atoms with E-state index < -0.39 is 5.92 Å². The van der Waals surface area contributed by atoms with Crippen molar-refractivity contribution in [2.75, 3.05) is 0 Å². The normalized spacial score (nSPS) is 16.2. The summed E-state index contributed by atoms with van der Waals surface area (Å²) in [5.74, 6) is -0.765. The summed E-state index contributed by atoms with van der Waals surface area (Å²) in [6, 6.07) is 6.03. The Labute approximate surface area is 94.3 Å². The lowest BCUT2D eigenvalue weighted by Gasteiger charge is -2.08. The Balaban J connectivity index is 1.95. The largest absolute Gasteiger partial charge is 0.352 e. The molecule has 1 aliphatic carbocycles. The molecule has 2 rings (SSSR count). The Kier molecular flexibility index (Phi) is 3.16. The first kappa shape index (κ1) is 10.6. The Bertz CT molecular complexity index is 406. The van der Waals surface area contributed by atoms with E-state index in [2.05, 4.69) is 10.3 Å². The average Bonchev–Trinajstić information content (AvgIpc) is 3.11. The summed E-state index contributed by atoms with van der Waals surface area (Å²) in [7, 11) is 0. The lowest BCUT2D eigenvalue weighted by molar-refractivity contribution is -0.123. The molecule has 1 aromatic rings. The number of nitrogens with zero attached hydrogens (tertiary/aromatic N) is 2. The predicted molar refractivity (Wildman–Crippen MR) is 58.2 cm³/mol. The van der Waals surface area contributed by atoms with Crippen LogP contribution in [0.2, 0.25) is 0 Å². The van der Waals surface area contributed by atoms with Crippen molar-refractivity contribution < 1.29 is 4.79 Å². The topological polar surface area (TPSA) is 65.8 Å². The van der Waals surface area contributed by atoms with Crippen molar-refractivity contribution in [3.05, 3.63) is 30.1 Å². The highest BCUT2D eigenvalue weighted by molar-refractivity contribution is 5.81. The fourth-order valence-electron chi connectivity index (χ4n) is 1.48. The van der Waals surface area contributed by atoms with Gasteiger partial charge in [0.2, 0.25) is 5.91 Å². The third kappa shape index (κ3) is 2.80. The van der Waals surface area contributed by atoms with Gasteiger partial charge >= 0.3 is 0 Å². The smallest absolute Gasteiger partial charge is 0.237 e. The van der Waals surface area contributed by atoms with E-state index in [9.17, 15) is 4.79 Å². The zero-order valence-electron chi connectivity index (χ0n) is 8.89. The van der Waals surface area contributed by atoms with Crippen molar-refractivity contribution in [3.63, 3.8) is 0 Å². The zero-order chi connectivity index (χ0) is 11.4. The van der Waals surface area contributed by atoms with Crippen molar-refractivity contribution in [2.24, 2.45) is 5.92 Å². The number of amides is 1. The van der Waals surface area contributed by atoms with Gasteiger partial charge in [0, 0.05) is 18.4 Å². The Morgan fingerprint density at radius 1 is 1.69 bits per heavy atom. The molecule has 0 aliphatic heterocycles. The summed E-state index contributed by atoms with van der Waals surface area (Å²) in [5, 5.41) is 11.8. The molecule has 1 fully saturated rings. The fraction of sp³-hybridized carbons (Fsp3) is 0.417. The average molecular weight is 215 g/mol. The summed E-state index contributed by atoms with van der Waals surface area (Å²) >= 11 is 0. The number of hydrogen-bond donors (Lipinski definition) is 1. The van der Waals surface area contributed by atoms with Gasteiger partial charge in [-0.25, -0.2) is 0 Å². The van der Waals surface area contributed by atoms with Crippen molar-refractivity contribution >= 4 is 5.91 Å². The standard InChI is InChI=1S/C12H13N3O/c13-7-10(12(16)15-11-3-4-11)6-9-2-1-5-14-8-9/h1-2,5,8,10-11H,3-4,6H2,(H,15,16). The molecule has 1 N–H and O–H groups in total. The molecule has 1 saturated carbocycles. The Morgan fingerprint density at radius 3 is 3.06 bits per heavy atom. The van der Waals surface area contributed by atoms with Crippen molar-refractivity contribution in [1.29, 1.82) is 5.26 Å². The second kappa shape index (κ2) is 4.75. The summed E-state index contributed by atoms with van der Waals surface area (Å²) in [5.41, 5.74) is 0.917. The molecule has 4 heteroatoms. The number of rotatable bonds is 4. The van der Waals surface area contributed by atoms with E-state index in [4.69, 9.17) is 5.26 Å². The van der Waals surface area contributed by atoms with Gasteiger partial charge < -0.3 is 5.32 Å². The maximum absolute atomic E-state index is 11.7. The lowest BCUT2D eigenvalue weighted by Crippen LogP contribution is -2.32.